The van der Waals surface area contributed by atoms with Gasteiger partial charge in [-0.05, 0) is 47.4 Å². The van der Waals surface area contributed by atoms with Gasteiger partial charge in [0.1, 0.15) is 5.60 Å². The van der Waals surface area contributed by atoms with Crippen LogP contribution in [0.1, 0.15) is 39.7 Å². The summed E-state index contributed by atoms with van der Waals surface area (Å²) in [7, 11) is 0. The Morgan fingerprint density at radius 2 is 1.80 bits per heavy atom. The molecule has 0 fully saturated rings. The average molecular weight is 405 g/mol. The summed E-state index contributed by atoms with van der Waals surface area (Å²) in [6.45, 7) is 7.20. The minimum Gasteiger partial charge on any atom is -0.478 e. The molecule has 3 rings (SSSR count). The van der Waals surface area contributed by atoms with Crippen LogP contribution in [0, 0.1) is 5.41 Å². The topological polar surface area (TPSA) is 74.6 Å². The predicted octanol–water partition coefficient (Wildman–Crippen LogP) is 5.02. The molecular formula is C26H28O4. The Labute approximate surface area is 177 Å². The van der Waals surface area contributed by atoms with Crippen LogP contribution in [0.4, 0.5) is 0 Å². The van der Waals surface area contributed by atoms with E-state index in [9.17, 15) is 14.7 Å². The van der Waals surface area contributed by atoms with E-state index in [4.69, 9.17) is 5.11 Å². The monoisotopic (exact) mass is 404 g/mol. The number of hydrogen-bond acceptors (Lipinski definition) is 3. The number of rotatable bonds is 5. The number of hydrogen-bond donors (Lipinski definition) is 2. The first-order valence-corrected chi connectivity index (χ1v) is 10.1. The Morgan fingerprint density at radius 3 is 2.47 bits per heavy atom. The molecule has 0 spiro atoms. The Bertz CT molecular complexity index is 1100. The van der Waals surface area contributed by atoms with Crippen LogP contribution >= 0.6 is 0 Å². The lowest BCUT2D eigenvalue weighted by Gasteiger charge is -2.46. The number of aliphatic carboxylic acids is 1. The van der Waals surface area contributed by atoms with Gasteiger partial charge in [-0.25, -0.2) is 4.79 Å². The highest BCUT2D eigenvalue weighted by molar-refractivity contribution is 5.99. The van der Waals surface area contributed by atoms with Crippen LogP contribution < -0.4 is 0 Å². The van der Waals surface area contributed by atoms with Gasteiger partial charge in [-0.3, -0.25) is 4.79 Å². The lowest BCUT2D eigenvalue weighted by molar-refractivity contribution is -0.131. The maximum atomic E-state index is 13.0. The summed E-state index contributed by atoms with van der Waals surface area (Å²) in [4.78, 5) is 23.9. The quantitative estimate of drug-likeness (QED) is 0.542. The maximum absolute atomic E-state index is 13.0. The molecule has 0 aromatic heterocycles. The molecule has 1 aliphatic carbocycles. The van der Waals surface area contributed by atoms with Gasteiger partial charge in [0, 0.05) is 29.9 Å². The van der Waals surface area contributed by atoms with Crippen LogP contribution in [0.15, 0.2) is 77.4 Å². The molecular weight excluding hydrogens is 376 g/mol. The van der Waals surface area contributed by atoms with Gasteiger partial charge in [0.2, 0.25) is 0 Å². The van der Waals surface area contributed by atoms with E-state index >= 15 is 0 Å². The van der Waals surface area contributed by atoms with Crippen molar-refractivity contribution < 1.29 is 19.8 Å². The highest BCUT2D eigenvalue weighted by Crippen LogP contribution is 2.47. The van der Waals surface area contributed by atoms with Gasteiger partial charge in [-0.2, -0.15) is 0 Å². The summed E-state index contributed by atoms with van der Waals surface area (Å²) in [6.07, 6.45) is 5.00. The molecule has 1 aliphatic rings. The molecule has 2 N–H and O–H groups in total. The van der Waals surface area contributed by atoms with Crippen molar-refractivity contribution >= 4 is 22.5 Å². The number of Topliss-reactive ketones (excluding diaryl/α,β-unsaturated/α-hetero) is 1. The second kappa shape index (κ2) is 8.04. The fourth-order valence-electron chi connectivity index (χ4n) is 4.22. The van der Waals surface area contributed by atoms with Crippen LogP contribution in [0.5, 0.6) is 0 Å². The Morgan fingerprint density at radius 1 is 1.13 bits per heavy atom. The van der Waals surface area contributed by atoms with Crippen molar-refractivity contribution in [3.63, 3.8) is 0 Å². The molecule has 2 aromatic carbocycles. The molecule has 1 atom stereocenters. The molecule has 0 bridgehead atoms. The summed E-state index contributed by atoms with van der Waals surface area (Å²) < 4.78 is 0. The van der Waals surface area contributed by atoms with E-state index in [0.29, 0.717) is 23.1 Å². The lowest BCUT2D eigenvalue weighted by Crippen LogP contribution is -2.49. The average Bonchev–Trinajstić information content (AvgIpc) is 2.67. The number of carboxylic acid groups (broad SMARTS) is 1. The Hall–Kier alpha value is -2.98. The zero-order valence-electron chi connectivity index (χ0n) is 17.9. The Kier molecular flexibility index (Phi) is 5.82. The summed E-state index contributed by atoms with van der Waals surface area (Å²) in [5.74, 6) is -0.993. The van der Waals surface area contributed by atoms with Gasteiger partial charge in [-0.15, -0.1) is 0 Å². The number of allylic oxidation sites excluding steroid dienone is 3. The SMILES string of the molecule is CC1=C(Cc2ccc3ccccc3c2)C(=O)CC(C)(C)[C@]1(O)/C=C/C(C)=C\C(=O)O. The van der Waals surface area contributed by atoms with Crippen LogP contribution in [-0.4, -0.2) is 27.6 Å². The number of carbonyl (C=O) groups excluding carboxylic acids is 1. The molecule has 156 valence electrons. The molecule has 0 unspecified atom stereocenters. The van der Waals surface area contributed by atoms with Crippen molar-refractivity contribution in [2.45, 2.75) is 46.1 Å². The number of benzene rings is 2. The maximum Gasteiger partial charge on any atom is 0.328 e. The first kappa shape index (κ1) is 21.7. The van der Waals surface area contributed by atoms with Crippen molar-refractivity contribution in [2.24, 2.45) is 5.41 Å². The number of carbonyl (C=O) groups is 2. The number of aliphatic hydroxyl groups is 1. The van der Waals surface area contributed by atoms with Gasteiger partial charge >= 0.3 is 5.97 Å². The standard InChI is InChI=1S/C26H28O4/c1-17(13-24(28)29)11-12-26(30)18(2)22(23(27)16-25(26,3)4)15-19-9-10-20-7-5-6-8-21(20)14-19/h5-14,30H,15-16H2,1-4H3,(H,28,29)/b12-11+,17-13-/t26-/m0/s1. The van der Waals surface area contributed by atoms with Gasteiger partial charge in [0.25, 0.3) is 0 Å². The fourth-order valence-corrected chi connectivity index (χ4v) is 4.22. The minimum absolute atomic E-state index is 0.0431. The summed E-state index contributed by atoms with van der Waals surface area (Å²) in [6, 6.07) is 14.2. The van der Waals surface area contributed by atoms with E-state index in [1.54, 1.807) is 26.0 Å². The molecule has 0 saturated heterocycles. The van der Waals surface area contributed by atoms with Gasteiger partial charge in [-0.1, -0.05) is 62.4 Å². The molecule has 0 saturated carbocycles. The predicted molar refractivity (Wildman–Crippen MR) is 119 cm³/mol. The number of fused-ring (bicyclic) bond motifs is 1. The normalized spacial score (nSPS) is 22.2. The van der Waals surface area contributed by atoms with Crippen LogP contribution in [0.2, 0.25) is 0 Å². The van der Waals surface area contributed by atoms with Crippen molar-refractivity contribution in [3.8, 4) is 0 Å². The zero-order valence-corrected chi connectivity index (χ0v) is 17.9. The molecule has 0 aliphatic heterocycles. The van der Waals surface area contributed by atoms with Crippen molar-refractivity contribution in [3.05, 3.63) is 83.0 Å². The van der Waals surface area contributed by atoms with Crippen molar-refractivity contribution in [1.82, 2.24) is 0 Å². The van der Waals surface area contributed by atoms with E-state index in [0.717, 1.165) is 22.4 Å². The van der Waals surface area contributed by atoms with Crippen molar-refractivity contribution in [1.29, 1.82) is 0 Å². The third kappa shape index (κ3) is 4.14. The third-order valence-corrected chi connectivity index (χ3v) is 6.13. The highest BCUT2D eigenvalue weighted by atomic mass is 16.4. The van der Waals surface area contributed by atoms with E-state index < -0.39 is 17.0 Å². The van der Waals surface area contributed by atoms with Crippen molar-refractivity contribution in [2.75, 3.05) is 0 Å². The van der Waals surface area contributed by atoms with E-state index in [1.807, 2.05) is 44.2 Å². The van der Waals surface area contributed by atoms with Crippen LogP contribution in [0.3, 0.4) is 0 Å². The number of carboxylic acids is 1. The molecule has 0 amide bonds. The zero-order chi connectivity index (χ0) is 22.1. The minimum atomic E-state index is -1.35. The van der Waals surface area contributed by atoms with Gasteiger partial charge in [0.05, 0.1) is 0 Å². The summed E-state index contributed by atoms with van der Waals surface area (Å²) in [5.41, 5.74) is 0.728. The van der Waals surface area contributed by atoms with Crippen LogP contribution in [-0.2, 0) is 16.0 Å². The smallest absolute Gasteiger partial charge is 0.328 e. The first-order chi connectivity index (χ1) is 14.0. The third-order valence-electron chi connectivity index (χ3n) is 6.13. The van der Waals surface area contributed by atoms with Gasteiger partial charge < -0.3 is 10.2 Å². The highest BCUT2D eigenvalue weighted by Gasteiger charge is 2.49. The summed E-state index contributed by atoms with van der Waals surface area (Å²) >= 11 is 0. The van der Waals surface area contributed by atoms with E-state index in [2.05, 4.69) is 12.1 Å². The molecule has 4 nitrogen and oxygen atoms in total. The summed E-state index contributed by atoms with van der Waals surface area (Å²) in [5, 5.41) is 22.8. The molecule has 0 heterocycles. The lowest BCUT2D eigenvalue weighted by atomic mass is 9.62. The Balaban J connectivity index is 2.03. The molecule has 4 heteroatoms. The largest absolute Gasteiger partial charge is 0.478 e. The molecule has 2 aromatic rings. The second-order valence-electron chi connectivity index (χ2n) is 8.77. The first-order valence-electron chi connectivity index (χ1n) is 10.1. The fraction of sp³-hybridized carbons (Fsp3) is 0.308. The van der Waals surface area contributed by atoms with E-state index in [1.165, 1.54) is 0 Å². The van der Waals surface area contributed by atoms with Crippen LogP contribution in [0.25, 0.3) is 10.8 Å². The molecule has 30 heavy (non-hydrogen) atoms. The second-order valence-corrected chi connectivity index (χ2v) is 8.77. The molecule has 0 radical (unpaired) electrons. The number of ketones is 1. The van der Waals surface area contributed by atoms with Gasteiger partial charge in [0.15, 0.2) is 5.78 Å². The van der Waals surface area contributed by atoms with E-state index in [-0.39, 0.29) is 12.2 Å².